The van der Waals surface area contributed by atoms with Gasteiger partial charge in [0, 0.05) is 0 Å². The molecule has 2 atom stereocenters. The molecule has 2 unspecified atom stereocenters. The molecule has 0 saturated heterocycles. The van der Waals surface area contributed by atoms with E-state index in [1.165, 1.54) is 13.0 Å². The second kappa shape index (κ2) is 6.84. The Labute approximate surface area is 80.7 Å². The lowest BCUT2D eigenvalue weighted by atomic mass is 9.98. The lowest BCUT2D eigenvalue weighted by Crippen LogP contribution is -2.09. The van der Waals surface area contributed by atoms with Crippen molar-refractivity contribution in [1.29, 1.82) is 0 Å². The number of hydrogen-bond donors (Lipinski definition) is 1. The van der Waals surface area contributed by atoms with Crippen LogP contribution in [0, 0.1) is 5.92 Å². The molecule has 1 N–H and O–H groups in total. The van der Waals surface area contributed by atoms with E-state index in [4.69, 9.17) is 0 Å². The van der Waals surface area contributed by atoms with E-state index in [0.717, 1.165) is 19.3 Å². The Bertz CT molecular complexity index is 173. The molecule has 0 radical (unpaired) electrons. The average Bonchev–Trinajstić information content (AvgIpc) is 2.01. The van der Waals surface area contributed by atoms with Gasteiger partial charge in [-0.2, -0.15) is 0 Å². The summed E-state index contributed by atoms with van der Waals surface area (Å²) in [5.74, 6) is 0.513. The predicted octanol–water partition coefficient (Wildman–Crippen LogP) is 2.32. The molecule has 0 aliphatic heterocycles. The zero-order valence-corrected chi connectivity index (χ0v) is 8.79. The van der Waals surface area contributed by atoms with E-state index in [1.807, 2.05) is 0 Å². The molecule has 0 bridgehead atoms. The van der Waals surface area contributed by atoms with E-state index in [9.17, 15) is 9.90 Å². The fraction of sp³-hybridized carbons (Fsp3) is 0.727. The van der Waals surface area contributed by atoms with E-state index >= 15 is 0 Å². The summed E-state index contributed by atoms with van der Waals surface area (Å²) in [6.07, 6.45) is 5.57. The molecule has 13 heavy (non-hydrogen) atoms. The Morgan fingerprint density at radius 3 is 2.62 bits per heavy atom. The van der Waals surface area contributed by atoms with E-state index in [0.29, 0.717) is 5.92 Å². The number of ketones is 1. The Morgan fingerprint density at radius 2 is 2.15 bits per heavy atom. The van der Waals surface area contributed by atoms with Crippen molar-refractivity contribution in [2.75, 3.05) is 0 Å². The van der Waals surface area contributed by atoms with Crippen LogP contribution in [0.1, 0.15) is 40.0 Å². The highest BCUT2D eigenvalue weighted by Crippen LogP contribution is 2.12. The van der Waals surface area contributed by atoms with E-state index in [-0.39, 0.29) is 5.78 Å². The third kappa shape index (κ3) is 7.72. The van der Waals surface area contributed by atoms with Crippen LogP contribution < -0.4 is 0 Å². The second-order valence-corrected chi connectivity index (χ2v) is 3.67. The molecule has 76 valence electrons. The molecule has 0 spiro atoms. The van der Waals surface area contributed by atoms with Crippen molar-refractivity contribution in [3.05, 3.63) is 12.2 Å². The van der Waals surface area contributed by atoms with Crippen LogP contribution in [-0.2, 0) is 4.79 Å². The Kier molecular flexibility index (Phi) is 6.51. The molecular weight excluding hydrogens is 164 g/mol. The molecular formula is C11H20O2. The quantitative estimate of drug-likeness (QED) is 0.643. The standard InChI is InChI=1S/C11H20O2/c1-4-5-9(2)8-11(13)7-6-10(3)12/h6-7,9,11,13H,4-5,8H2,1-3H3. The van der Waals surface area contributed by atoms with Gasteiger partial charge in [0.1, 0.15) is 0 Å². The number of allylic oxidation sites excluding steroid dienone is 1. The zero-order chi connectivity index (χ0) is 10.3. The third-order valence-corrected chi connectivity index (χ3v) is 1.98. The van der Waals surface area contributed by atoms with Crippen LogP contribution in [0.2, 0.25) is 0 Å². The summed E-state index contributed by atoms with van der Waals surface area (Å²) in [4.78, 5) is 10.6. The lowest BCUT2D eigenvalue weighted by molar-refractivity contribution is -0.112. The minimum atomic E-state index is -0.467. The van der Waals surface area contributed by atoms with Crippen molar-refractivity contribution in [3.8, 4) is 0 Å². The van der Waals surface area contributed by atoms with Gasteiger partial charge >= 0.3 is 0 Å². The lowest BCUT2D eigenvalue weighted by Gasteiger charge is -2.12. The fourth-order valence-corrected chi connectivity index (χ4v) is 1.35. The molecule has 0 aromatic rings. The minimum absolute atomic E-state index is 0.0119. The molecule has 0 heterocycles. The number of carbonyl (C=O) groups is 1. The van der Waals surface area contributed by atoms with Crippen molar-refractivity contribution in [3.63, 3.8) is 0 Å². The first-order valence-electron chi connectivity index (χ1n) is 4.93. The summed E-state index contributed by atoms with van der Waals surface area (Å²) in [5.41, 5.74) is 0. The van der Waals surface area contributed by atoms with Crippen molar-refractivity contribution < 1.29 is 9.90 Å². The molecule has 0 saturated carbocycles. The van der Waals surface area contributed by atoms with Crippen LogP contribution in [0.4, 0.5) is 0 Å². The van der Waals surface area contributed by atoms with Gasteiger partial charge in [0.15, 0.2) is 5.78 Å². The molecule has 0 rings (SSSR count). The predicted molar refractivity (Wildman–Crippen MR) is 54.5 cm³/mol. The number of hydrogen-bond acceptors (Lipinski definition) is 2. The average molecular weight is 184 g/mol. The van der Waals surface area contributed by atoms with Crippen molar-refractivity contribution >= 4 is 5.78 Å². The van der Waals surface area contributed by atoms with Crippen molar-refractivity contribution in [2.24, 2.45) is 5.92 Å². The molecule has 0 fully saturated rings. The maximum Gasteiger partial charge on any atom is 0.152 e. The van der Waals surface area contributed by atoms with Crippen LogP contribution in [0.15, 0.2) is 12.2 Å². The molecule has 0 aliphatic carbocycles. The number of rotatable bonds is 6. The summed E-state index contributed by atoms with van der Waals surface area (Å²) in [6, 6.07) is 0. The zero-order valence-electron chi connectivity index (χ0n) is 8.79. The van der Waals surface area contributed by atoms with Crippen LogP contribution in [0.3, 0.4) is 0 Å². The first-order valence-corrected chi connectivity index (χ1v) is 4.93. The molecule has 2 nitrogen and oxygen atoms in total. The first kappa shape index (κ1) is 12.4. The minimum Gasteiger partial charge on any atom is -0.389 e. The smallest absolute Gasteiger partial charge is 0.152 e. The molecule has 0 aliphatic rings. The van der Waals surface area contributed by atoms with Gasteiger partial charge in [-0.25, -0.2) is 0 Å². The fourth-order valence-electron chi connectivity index (χ4n) is 1.35. The SMILES string of the molecule is CCCC(C)CC(O)C=CC(C)=O. The van der Waals surface area contributed by atoms with E-state index in [2.05, 4.69) is 13.8 Å². The van der Waals surface area contributed by atoms with Gasteiger partial charge < -0.3 is 5.11 Å². The van der Waals surface area contributed by atoms with Gasteiger partial charge in [-0.1, -0.05) is 32.8 Å². The third-order valence-electron chi connectivity index (χ3n) is 1.98. The first-order chi connectivity index (χ1) is 6.06. The summed E-state index contributed by atoms with van der Waals surface area (Å²) in [7, 11) is 0. The van der Waals surface area contributed by atoms with Crippen LogP contribution in [0.5, 0.6) is 0 Å². The molecule has 0 aromatic carbocycles. The Morgan fingerprint density at radius 1 is 1.54 bits per heavy atom. The van der Waals surface area contributed by atoms with Gasteiger partial charge in [0.05, 0.1) is 6.10 Å². The summed E-state index contributed by atoms with van der Waals surface area (Å²) >= 11 is 0. The number of carbonyl (C=O) groups excluding carboxylic acids is 1. The van der Waals surface area contributed by atoms with Crippen LogP contribution >= 0.6 is 0 Å². The van der Waals surface area contributed by atoms with E-state index in [1.54, 1.807) is 6.08 Å². The van der Waals surface area contributed by atoms with Gasteiger partial charge in [-0.05, 0) is 25.3 Å². The monoisotopic (exact) mass is 184 g/mol. The second-order valence-electron chi connectivity index (χ2n) is 3.67. The van der Waals surface area contributed by atoms with Crippen LogP contribution in [-0.4, -0.2) is 17.0 Å². The van der Waals surface area contributed by atoms with Gasteiger partial charge in [-0.3, -0.25) is 4.79 Å². The normalized spacial score (nSPS) is 16.0. The van der Waals surface area contributed by atoms with Gasteiger partial charge in [0.25, 0.3) is 0 Å². The van der Waals surface area contributed by atoms with E-state index < -0.39 is 6.10 Å². The molecule has 2 heteroatoms. The van der Waals surface area contributed by atoms with Crippen molar-refractivity contribution in [1.82, 2.24) is 0 Å². The largest absolute Gasteiger partial charge is 0.389 e. The maximum absolute atomic E-state index is 10.6. The van der Waals surface area contributed by atoms with Crippen LogP contribution in [0.25, 0.3) is 0 Å². The summed E-state index contributed by atoms with van der Waals surface area (Å²) < 4.78 is 0. The topological polar surface area (TPSA) is 37.3 Å². The highest BCUT2D eigenvalue weighted by Gasteiger charge is 2.06. The number of aliphatic hydroxyl groups excluding tert-OH is 1. The summed E-state index contributed by atoms with van der Waals surface area (Å²) in [6.45, 7) is 5.74. The molecule has 0 amide bonds. The molecule has 0 aromatic heterocycles. The summed E-state index contributed by atoms with van der Waals surface area (Å²) in [5, 5.41) is 9.46. The van der Waals surface area contributed by atoms with Crippen molar-refractivity contribution in [2.45, 2.75) is 46.1 Å². The maximum atomic E-state index is 10.6. The van der Waals surface area contributed by atoms with Gasteiger partial charge in [-0.15, -0.1) is 0 Å². The highest BCUT2D eigenvalue weighted by molar-refractivity contribution is 5.87. The number of aliphatic hydroxyl groups is 1. The Balaban J connectivity index is 3.72. The van der Waals surface area contributed by atoms with Gasteiger partial charge in [0.2, 0.25) is 0 Å². The highest BCUT2D eigenvalue weighted by atomic mass is 16.3. The Hall–Kier alpha value is -0.630.